The molecule has 1 saturated heterocycles. The third-order valence-electron chi connectivity index (χ3n) is 4.20. The van der Waals surface area contributed by atoms with Crippen LogP contribution in [0.3, 0.4) is 0 Å². The summed E-state index contributed by atoms with van der Waals surface area (Å²) >= 11 is 0. The van der Waals surface area contributed by atoms with Gasteiger partial charge in [0.2, 0.25) is 10.0 Å². The van der Waals surface area contributed by atoms with Gasteiger partial charge in [0.1, 0.15) is 0 Å². The summed E-state index contributed by atoms with van der Waals surface area (Å²) in [6, 6.07) is 0.713. The van der Waals surface area contributed by atoms with Crippen molar-refractivity contribution in [2.75, 3.05) is 19.6 Å². The molecule has 1 atom stereocenters. The molecule has 0 radical (unpaired) electrons. The van der Waals surface area contributed by atoms with Crippen LogP contribution < -0.4 is 4.72 Å². The molecule has 0 aromatic heterocycles. The molecular formula is C16H16F6N2O3S. The van der Waals surface area contributed by atoms with Crippen LogP contribution in [0.5, 0.6) is 0 Å². The predicted octanol–water partition coefficient (Wildman–Crippen LogP) is 3.25. The van der Waals surface area contributed by atoms with Gasteiger partial charge in [0.05, 0.1) is 11.1 Å². The second kappa shape index (κ2) is 7.74. The number of benzene rings is 1. The number of amides is 1. The maximum absolute atomic E-state index is 12.9. The van der Waals surface area contributed by atoms with E-state index in [1.165, 1.54) is 0 Å². The van der Waals surface area contributed by atoms with Gasteiger partial charge in [-0.15, -0.1) is 0 Å². The summed E-state index contributed by atoms with van der Waals surface area (Å²) in [4.78, 5) is 13.5. The number of sulfonamides is 1. The molecule has 1 heterocycles. The van der Waals surface area contributed by atoms with Gasteiger partial charge in [-0.2, -0.15) is 26.3 Å². The van der Waals surface area contributed by atoms with Crippen LogP contribution >= 0.6 is 0 Å². The lowest BCUT2D eigenvalue weighted by molar-refractivity contribution is -0.143. The maximum atomic E-state index is 12.9. The second-order valence-corrected chi connectivity index (χ2v) is 7.97. The van der Waals surface area contributed by atoms with Gasteiger partial charge in [0, 0.05) is 30.6 Å². The summed E-state index contributed by atoms with van der Waals surface area (Å²) in [7, 11) is -3.68. The molecule has 1 amide bonds. The maximum Gasteiger partial charge on any atom is 0.416 e. The van der Waals surface area contributed by atoms with Crippen molar-refractivity contribution in [1.82, 2.24) is 9.62 Å². The minimum absolute atomic E-state index is 0.00388. The molecule has 0 saturated carbocycles. The number of nitrogens with zero attached hydrogens (tertiary/aromatic N) is 1. The first-order valence-electron chi connectivity index (χ1n) is 7.94. The van der Waals surface area contributed by atoms with E-state index in [1.807, 2.05) is 0 Å². The molecule has 12 heteroatoms. The Morgan fingerprint density at radius 2 is 1.68 bits per heavy atom. The number of halogens is 6. The third kappa shape index (κ3) is 5.47. The highest BCUT2D eigenvalue weighted by atomic mass is 32.2. The fourth-order valence-electron chi connectivity index (χ4n) is 2.74. The first-order chi connectivity index (χ1) is 12.7. The van der Waals surface area contributed by atoms with E-state index >= 15 is 0 Å². The summed E-state index contributed by atoms with van der Waals surface area (Å²) in [6.45, 7) is 3.16. The highest BCUT2D eigenvalue weighted by molar-refractivity contribution is 7.92. The van der Waals surface area contributed by atoms with Gasteiger partial charge >= 0.3 is 12.4 Å². The Balaban J connectivity index is 2.21. The van der Waals surface area contributed by atoms with Crippen molar-refractivity contribution in [2.45, 2.75) is 18.8 Å². The number of likely N-dealkylation sites (tertiary alicyclic amines) is 1. The van der Waals surface area contributed by atoms with Gasteiger partial charge in [-0.3, -0.25) is 4.79 Å². The molecule has 156 valence electrons. The lowest BCUT2D eigenvalue weighted by Gasteiger charge is -2.19. The number of rotatable bonds is 5. The SMILES string of the molecule is C=CS(=O)(=O)NCC1CCN(C(=O)c2cc(C(F)(F)F)cc(C(F)(F)F)c2)C1. The molecule has 2 rings (SSSR count). The van der Waals surface area contributed by atoms with E-state index in [2.05, 4.69) is 11.3 Å². The van der Waals surface area contributed by atoms with E-state index in [4.69, 9.17) is 0 Å². The van der Waals surface area contributed by atoms with Gasteiger partial charge < -0.3 is 4.90 Å². The molecule has 1 fully saturated rings. The molecule has 0 bridgehead atoms. The summed E-state index contributed by atoms with van der Waals surface area (Å²) in [6.07, 6.45) is -9.75. The zero-order chi connectivity index (χ0) is 21.3. The quantitative estimate of drug-likeness (QED) is 0.730. The Morgan fingerprint density at radius 3 is 2.14 bits per heavy atom. The number of alkyl halides is 6. The highest BCUT2D eigenvalue weighted by Gasteiger charge is 2.38. The van der Waals surface area contributed by atoms with Crippen molar-refractivity contribution >= 4 is 15.9 Å². The lowest BCUT2D eigenvalue weighted by Crippen LogP contribution is -2.32. The molecule has 0 spiro atoms. The second-order valence-electron chi connectivity index (χ2n) is 6.26. The Labute approximate surface area is 157 Å². The van der Waals surface area contributed by atoms with Gasteiger partial charge in [0.15, 0.2) is 0 Å². The van der Waals surface area contributed by atoms with Crippen molar-refractivity contribution in [1.29, 1.82) is 0 Å². The normalized spacial score (nSPS) is 18.4. The van der Waals surface area contributed by atoms with E-state index in [0.717, 1.165) is 4.90 Å². The van der Waals surface area contributed by atoms with Crippen LogP contribution in [0.1, 0.15) is 27.9 Å². The molecule has 1 aliphatic rings. The molecule has 1 aromatic carbocycles. The standard InChI is InChI=1S/C16H16F6N2O3S/c1-2-28(26,27)23-8-10-3-4-24(9-10)14(25)11-5-12(15(17,18)19)7-13(6-11)16(20,21)22/h2,5-7,10,23H,1,3-4,8-9H2. The average molecular weight is 430 g/mol. The van der Waals surface area contributed by atoms with Crippen molar-refractivity contribution in [3.8, 4) is 0 Å². The van der Waals surface area contributed by atoms with E-state index in [0.29, 0.717) is 24.0 Å². The average Bonchev–Trinajstić information content (AvgIpc) is 3.06. The van der Waals surface area contributed by atoms with E-state index in [9.17, 15) is 39.6 Å². The Hall–Kier alpha value is -2.08. The molecule has 1 aliphatic heterocycles. The minimum atomic E-state index is -5.05. The van der Waals surface area contributed by atoms with Crippen LogP contribution in [-0.2, 0) is 22.4 Å². The van der Waals surface area contributed by atoms with Gasteiger partial charge in [-0.05, 0) is 30.5 Å². The van der Waals surface area contributed by atoms with Crippen LogP contribution in [-0.4, -0.2) is 38.9 Å². The summed E-state index contributed by atoms with van der Waals surface area (Å²) < 4.78 is 102. The minimum Gasteiger partial charge on any atom is -0.338 e. The predicted molar refractivity (Wildman–Crippen MR) is 87.6 cm³/mol. The molecule has 0 aliphatic carbocycles. The molecule has 1 N–H and O–H groups in total. The van der Waals surface area contributed by atoms with Crippen LogP contribution in [0, 0.1) is 5.92 Å². The fraction of sp³-hybridized carbons (Fsp3) is 0.438. The van der Waals surface area contributed by atoms with Gasteiger partial charge in [-0.25, -0.2) is 13.1 Å². The van der Waals surface area contributed by atoms with Crippen LogP contribution in [0.4, 0.5) is 26.3 Å². The number of hydrogen-bond donors (Lipinski definition) is 1. The van der Waals surface area contributed by atoms with Gasteiger partial charge in [-0.1, -0.05) is 6.58 Å². The third-order valence-corrected chi connectivity index (χ3v) is 5.21. The Morgan fingerprint density at radius 1 is 1.14 bits per heavy atom. The zero-order valence-corrected chi connectivity index (χ0v) is 15.1. The molecule has 1 aromatic rings. The Kier molecular flexibility index (Phi) is 6.14. The largest absolute Gasteiger partial charge is 0.416 e. The van der Waals surface area contributed by atoms with Gasteiger partial charge in [0.25, 0.3) is 5.91 Å². The van der Waals surface area contributed by atoms with Crippen LogP contribution in [0.2, 0.25) is 0 Å². The zero-order valence-electron chi connectivity index (χ0n) is 14.3. The number of carbonyl (C=O) groups is 1. The summed E-state index contributed by atoms with van der Waals surface area (Å²) in [5.74, 6) is -1.31. The van der Waals surface area contributed by atoms with Crippen molar-refractivity contribution in [2.24, 2.45) is 5.92 Å². The smallest absolute Gasteiger partial charge is 0.338 e. The monoisotopic (exact) mass is 430 g/mol. The van der Waals surface area contributed by atoms with Crippen molar-refractivity contribution in [3.05, 3.63) is 46.9 Å². The Bertz CT molecular complexity index is 832. The van der Waals surface area contributed by atoms with Crippen molar-refractivity contribution in [3.63, 3.8) is 0 Å². The lowest BCUT2D eigenvalue weighted by atomic mass is 10.0. The van der Waals surface area contributed by atoms with Crippen LogP contribution in [0.15, 0.2) is 30.2 Å². The summed E-state index contributed by atoms with van der Waals surface area (Å²) in [5, 5.41) is 0.701. The number of nitrogens with one attached hydrogen (secondary N) is 1. The topological polar surface area (TPSA) is 66.5 Å². The van der Waals surface area contributed by atoms with E-state index in [1.54, 1.807) is 0 Å². The number of carbonyl (C=O) groups excluding carboxylic acids is 1. The van der Waals surface area contributed by atoms with Crippen molar-refractivity contribution < 1.29 is 39.6 Å². The summed E-state index contributed by atoms with van der Waals surface area (Å²) in [5.41, 5.74) is -3.87. The highest BCUT2D eigenvalue weighted by Crippen LogP contribution is 2.36. The first kappa shape index (κ1) is 22.2. The fourth-order valence-corrected chi connectivity index (χ4v) is 3.32. The molecule has 5 nitrogen and oxygen atoms in total. The van der Waals surface area contributed by atoms with E-state index in [-0.39, 0.29) is 31.6 Å². The molecule has 28 heavy (non-hydrogen) atoms. The number of hydrogen-bond acceptors (Lipinski definition) is 3. The molecule has 1 unspecified atom stereocenters. The molecular weight excluding hydrogens is 414 g/mol. The van der Waals surface area contributed by atoms with E-state index < -0.39 is 45.0 Å². The first-order valence-corrected chi connectivity index (χ1v) is 9.48. The van der Waals surface area contributed by atoms with Crippen LogP contribution in [0.25, 0.3) is 0 Å².